The standard InChI is InChI=1S/C15H17BrN2O4S/c1-4-18-15(22-2)13(8-17-18)14(19)12-6-5-11(16)7-10(12)9-23(3,20)21/h5-8H,4,9H2,1-3H3. The summed E-state index contributed by atoms with van der Waals surface area (Å²) in [6.45, 7) is 2.45. The lowest BCUT2D eigenvalue weighted by molar-refractivity contribution is 0.103. The number of carbonyl (C=O) groups excluding carboxylic acids is 1. The highest BCUT2D eigenvalue weighted by atomic mass is 79.9. The van der Waals surface area contributed by atoms with Crippen LogP contribution >= 0.6 is 15.9 Å². The monoisotopic (exact) mass is 400 g/mol. The first kappa shape index (κ1) is 17.7. The molecule has 0 aliphatic heterocycles. The second kappa shape index (κ2) is 6.84. The van der Waals surface area contributed by atoms with Gasteiger partial charge in [-0.1, -0.05) is 15.9 Å². The van der Waals surface area contributed by atoms with Crippen LogP contribution in [-0.4, -0.2) is 37.3 Å². The van der Waals surface area contributed by atoms with Crippen molar-refractivity contribution in [1.82, 2.24) is 9.78 Å². The zero-order valence-corrected chi connectivity index (χ0v) is 15.4. The van der Waals surface area contributed by atoms with Crippen molar-refractivity contribution in [3.63, 3.8) is 0 Å². The molecule has 0 spiro atoms. The van der Waals surface area contributed by atoms with Gasteiger partial charge < -0.3 is 4.74 Å². The van der Waals surface area contributed by atoms with Gasteiger partial charge >= 0.3 is 0 Å². The van der Waals surface area contributed by atoms with Crippen molar-refractivity contribution in [2.24, 2.45) is 0 Å². The smallest absolute Gasteiger partial charge is 0.223 e. The van der Waals surface area contributed by atoms with Gasteiger partial charge in [0.2, 0.25) is 5.88 Å². The molecule has 1 heterocycles. The highest BCUT2D eigenvalue weighted by Crippen LogP contribution is 2.26. The van der Waals surface area contributed by atoms with Gasteiger partial charge in [-0.25, -0.2) is 13.1 Å². The summed E-state index contributed by atoms with van der Waals surface area (Å²) in [5.41, 5.74) is 1.08. The number of carbonyl (C=O) groups is 1. The van der Waals surface area contributed by atoms with Crippen molar-refractivity contribution in [1.29, 1.82) is 0 Å². The molecule has 1 aromatic carbocycles. The first-order valence-corrected chi connectivity index (χ1v) is 9.72. The number of benzene rings is 1. The van der Waals surface area contributed by atoms with Crippen LogP contribution in [0.25, 0.3) is 0 Å². The van der Waals surface area contributed by atoms with E-state index in [1.54, 1.807) is 22.9 Å². The van der Waals surface area contributed by atoms with E-state index in [-0.39, 0.29) is 11.5 Å². The van der Waals surface area contributed by atoms with E-state index >= 15 is 0 Å². The average molecular weight is 401 g/mol. The van der Waals surface area contributed by atoms with Crippen LogP contribution in [0.2, 0.25) is 0 Å². The van der Waals surface area contributed by atoms with Crippen molar-refractivity contribution >= 4 is 31.6 Å². The van der Waals surface area contributed by atoms with Crippen LogP contribution in [0.3, 0.4) is 0 Å². The second-order valence-electron chi connectivity index (χ2n) is 5.08. The lowest BCUT2D eigenvalue weighted by Crippen LogP contribution is -2.10. The van der Waals surface area contributed by atoms with E-state index in [0.717, 1.165) is 6.26 Å². The lowest BCUT2D eigenvalue weighted by atomic mass is 10.0. The molecule has 2 rings (SSSR count). The largest absolute Gasteiger partial charge is 0.481 e. The number of rotatable bonds is 6. The number of ether oxygens (including phenoxy) is 1. The average Bonchev–Trinajstić information content (AvgIpc) is 2.87. The van der Waals surface area contributed by atoms with Gasteiger partial charge in [-0.3, -0.25) is 4.79 Å². The molecule has 0 radical (unpaired) electrons. The van der Waals surface area contributed by atoms with Crippen LogP contribution in [-0.2, 0) is 22.1 Å². The molecule has 0 aliphatic carbocycles. The Morgan fingerprint density at radius 2 is 2.04 bits per heavy atom. The number of ketones is 1. The number of methoxy groups -OCH3 is 1. The van der Waals surface area contributed by atoms with E-state index in [1.807, 2.05) is 6.92 Å². The molecular formula is C15H17BrN2O4S. The van der Waals surface area contributed by atoms with E-state index in [2.05, 4.69) is 21.0 Å². The maximum atomic E-state index is 12.8. The zero-order chi connectivity index (χ0) is 17.2. The summed E-state index contributed by atoms with van der Waals surface area (Å²) in [5, 5.41) is 4.12. The second-order valence-corrected chi connectivity index (χ2v) is 8.14. The first-order chi connectivity index (χ1) is 10.8. The van der Waals surface area contributed by atoms with Crippen molar-refractivity contribution in [2.45, 2.75) is 19.2 Å². The number of nitrogens with zero attached hydrogens (tertiary/aromatic N) is 2. The van der Waals surface area contributed by atoms with Gasteiger partial charge in [0.05, 0.1) is 19.1 Å². The minimum Gasteiger partial charge on any atom is -0.481 e. The van der Waals surface area contributed by atoms with Crippen molar-refractivity contribution in [3.8, 4) is 5.88 Å². The highest BCUT2D eigenvalue weighted by molar-refractivity contribution is 9.10. The molecule has 0 N–H and O–H groups in total. The summed E-state index contributed by atoms with van der Waals surface area (Å²) in [5.74, 6) is -0.156. The zero-order valence-electron chi connectivity index (χ0n) is 13.0. The molecular weight excluding hydrogens is 384 g/mol. The Labute approximate surface area is 143 Å². The van der Waals surface area contributed by atoms with Crippen LogP contribution in [0.15, 0.2) is 28.9 Å². The van der Waals surface area contributed by atoms with E-state index in [0.29, 0.717) is 33.6 Å². The summed E-state index contributed by atoms with van der Waals surface area (Å²) < 4.78 is 30.8. The molecule has 6 nitrogen and oxygen atoms in total. The van der Waals surface area contributed by atoms with Gasteiger partial charge in [-0.15, -0.1) is 0 Å². The van der Waals surface area contributed by atoms with Crippen LogP contribution in [0, 0.1) is 0 Å². The first-order valence-electron chi connectivity index (χ1n) is 6.87. The quantitative estimate of drug-likeness (QED) is 0.695. The molecule has 0 unspecified atom stereocenters. The molecule has 0 amide bonds. The number of aromatic nitrogens is 2. The molecule has 0 aliphatic rings. The molecule has 124 valence electrons. The molecule has 0 fully saturated rings. The van der Waals surface area contributed by atoms with E-state index in [1.165, 1.54) is 13.3 Å². The number of halogens is 1. The minimum atomic E-state index is -3.27. The van der Waals surface area contributed by atoms with Crippen molar-refractivity contribution in [3.05, 3.63) is 45.6 Å². The third-order valence-corrected chi connectivity index (χ3v) is 4.59. The van der Waals surface area contributed by atoms with Gasteiger partial charge in [0.25, 0.3) is 0 Å². The van der Waals surface area contributed by atoms with Gasteiger partial charge in [0, 0.05) is 22.8 Å². The Hall–Kier alpha value is -1.67. The van der Waals surface area contributed by atoms with Crippen LogP contribution in [0.1, 0.15) is 28.4 Å². The molecule has 23 heavy (non-hydrogen) atoms. The predicted molar refractivity (Wildman–Crippen MR) is 90.6 cm³/mol. The van der Waals surface area contributed by atoms with Gasteiger partial charge in [-0.2, -0.15) is 5.10 Å². The minimum absolute atomic E-state index is 0.211. The summed E-state index contributed by atoms with van der Waals surface area (Å²) >= 11 is 3.31. The summed E-state index contributed by atoms with van der Waals surface area (Å²) in [6.07, 6.45) is 2.58. The molecule has 0 saturated heterocycles. The maximum absolute atomic E-state index is 12.8. The van der Waals surface area contributed by atoms with Crippen molar-refractivity contribution < 1.29 is 17.9 Å². The fraction of sp³-hybridized carbons (Fsp3) is 0.333. The highest BCUT2D eigenvalue weighted by Gasteiger charge is 2.23. The van der Waals surface area contributed by atoms with Crippen molar-refractivity contribution in [2.75, 3.05) is 13.4 Å². The number of aryl methyl sites for hydroxylation is 1. The fourth-order valence-corrected chi connectivity index (χ4v) is 3.51. The fourth-order valence-electron chi connectivity index (χ4n) is 2.30. The third kappa shape index (κ3) is 4.00. The Morgan fingerprint density at radius 1 is 1.35 bits per heavy atom. The maximum Gasteiger partial charge on any atom is 0.223 e. The normalized spacial score (nSPS) is 11.5. The van der Waals surface area contributed by atoms with Crippen LogP contribution in [0.5, 0.6) is 5.88 Å². The number of sulfone groups is 1. The Bertz CT molecular complexity index is 843. The molecule has 2 aromatic rings. The predicted octanol–water partition coefficient (Wildman–Crippen LogP) is 2.45. The summed E-state index contributed by atoms with van der Waals surface area (Å²) in [7, 11) is -1.80. The van der Waals surface area contributed by atoms with E-state index in [9.17, 15) is 13.2 Å². The van der Waals surface area contributed by atoms with Crippen LogP contribution in [0.4, 0.5) is 0 Å². The summed E-state index contributed by atoms with van der Waals surface area (Å²) in [6, 6.07) is 4.95. The Balaban J connectivity index is 2.54. The number of hydrogen-bond donors (Lipinski definition) is 0. The SMILES string of the molecule is CCn1ncc(C(=O)c2ccc(Br)cc2CS(C)(=O)=O)c1OC. The molecule has 0 atom stereocenters. The molecule has 0 saturated carbocycles. The van der Waals surface area contributed by atoms with Gasteiger partial charge in [0.1, 0.15) is 5.56 Å². The van der Waals surface area contributed by atoms with E-state index < -0.39 is 9.84 Å². The molecule has 8 heteroatoms. The molecule has 1 aromatic heterocycles. The van der Waals surface area contributed by atoms with Gasteiger partial charge in [0.15, 0.2) is 15.6 Å². The molecule has 0 bridgehead atoms. The number of hydrogen-bond acceptors (Lipinski definition) is 5. The topological polar surface area (TPSA) is 78.3 Å². The Morgan fingerprint density at radius 3 is 2.61 bits per heavy atom. The van der Waals surface area contributed by atoms with Gasteiger partial charge in [-0.05, 0) is 30.7 Å². The lowest BCUT2D eigenvalue weighted by Gasteiger charge is -2.10. The Kier molecular flexibility index (Phi) is 5.26. The van der Waals surface area contributed by atoms with Crippen LogP contribution < -0.4 is 4.74 Å². The van der Waals surface area contributed by atoms with E-state index in [4.69, 9.17) is 4.74 Å². The third-order valence-electron chi connectivity index (χ3n) is 3.26. The summed E-state index contributed by atoms with van der Waals surface area (Å²) in [4.78, 5) is 12.8.